The molecule has 0 bridgehead atoms. The summed E-state index contributed by atoms with van der Waals surface area (Å²) in [5.74, 6) is -0.290. The molecule has 0 amide bonds. The first kappa shape index (κ1) is 14.5. The number of anilines is 1. The van der Waals surface area contributed by atoms with Gasteiger partial charge in [-0.25, -0.2) is 4.79 Å². The Bertz CT molecular complexity index is 550. The van der Waals surface area contributed by atoms with Crippen LogP contribution in [0.3, 0.4) is 0 Å². The number of nitrogens with zero attached hydrogens (tertiary/aromatic N) is 1. The lowest BCUT2D eigenvalue weighted by Gasteiger charge is -2.13. The Morgan fingerprint density at radius 1 is 1.25 bits per heavy atom. The molecule has 1 heterocycles. The molecule has 0 spiro atoms. The highest BCUT2D eigenvalue weighted by Gasteiger charge is 2.10. The normalized spacial score (nSPS) is 12.2. The van der Waals surface area contributed by atoms with Crippen molar-refractivity contribution in [1.82, 2.24) is 4.98 Å². The highest BCUT2D eigenvalue weighted by molar-refractivity contribution is 7.09. The fourth-order valence-electron chi connectivity index (χ4n) is 1.75. The number of benzene rings is 1. The number of rotatable bonds is 5. The van der Waals surface area contributed by atoms with Gasteiger partial charge in [0.05, 0.1) is 23.2 Å². The van der Waals surface area contributed by atoms with Crippen LogP contribution in [-0.2, 0) is 4.74 Å². The lowest BCUT2D eigenvalue weighted by atomic mass is 10.2. The number of aromatic nitrogens is 1. The lowest BCUT2D eigenvalue weighted by molar-refractivity contribution is 0.0378. The summed E-state index contributed by atoms with van der Waals surface area (Å²) in [4.78, 5) is 17.0. The fraction of sp³-hybridized carbons (Fsp3) is 0.333. The van der Waals surface area contributed by atoms with Crippen LogP contribution >= 0.6 is 11.3 Å². The minimum absolute atomic E-state index is 0.105. The molecule has 1 aromatic carbocycles. The van der Waals surface area contributed by atoms with Crippen molar-refractivity contribution in [3.8, 4) is 0 Å². The maximum atomic E-state index is 11.7. The summed E-state index contributed by atoms with van der Waals surface area (Å²) in [6.07, 6.45) is 1.75. The van der Waals surface area contributed by atoms with Gasteiger partial charge in [0.25, 0.3) is 0 Å². The average molecular weight is 290 g/mol. The van der Waals surface area contributed by atoms with Gasteiger partial charge in [-0.2, -0.15) is 0 Å². The van der Waals surface area contributed by atoms with Crippen LogP contribution in [-0.4, -0.2) is 17.1 Å². The van der Waals surface area contributed by atoms with Crippen molar-refractivity contribution in [2.75, 3.05) is 5.32 Å². The van der Waals surface area contributed by atoms with Gasteiger partial charge in [-0.05, 0) is 45.0 Å². The molecule has 0 aliphatic heterocycles. The number of thiazole rings is 1. The summed E-state index contributed by atoms with van der Waals surface area (Å²) in [6.45, 7) is 5.75. The van der Waals surface area contributed by atoms with Gasteiger partial charge < -0.3 is 10.1 Å². The molecule has 1 N–H and O–H groups in total. The zero-order valence-electron chi connectivity index (χ0n) is 11.8. The maximum absolute atomic E-state index is 11.7. The van der Waals surface area contributed by atoms with E-state index >= 15 is 0 Å². The Morgan fingerprint density at radius 3 is 2.50 bits per heavy atom. The highest BCUT2D eigenvalue weighted by Crippen LogP contribution is 2.22. The predicted octanol–water partition coefficient (Wildman–Crippen LogP) is 3.88. The zero-order chi connectivity index (χ0) is 14.5. The first-order valence-corrected chi connectivity index (χ1v) is 7.40. The van der Waals surface area contributed by atoms with Crippen LogP contribution in [0.5, 0.6) is 0 Å². The molecule has 0 fully saturated rings. The molecular formula is C15H18N2O2S. The number of ether oxygens (including phenoxy) is 1. The molecular weight excluding hydrogens is 272 g/mol. The van der Waals surface area contributed by atoms with Crippen molar-refractivity contribution in [1.29, 1.82) is 0 Å². The first-order chi connectivity index (χ1) is 9.56. The van der Waals surface area contributed by atoms with Crippen molar-refractivity contribution in [2.45, 2.75) is 32.9 Å². The molecule has 0 saturated heterocycles. The molecule has 20 heavy (non-hydrogen) atoms. The molecule has 0 saturated carbocycles. The molecule has 1 atom stereocenters. The van der Waals surface area contributed by atoms with E-state index in [-0.39, 0.29) is 18.1 Å². The second-order valence-electron chi connectivity index (χ2n) is 4.80. The summed E-state index contributed by atoms with van der Waals surface area (Å²) in [5, 5.41) is 3.37. The van der Waals surface area contributed by atoms with Crippen LogP contribution in [0.1, 0.15) is 42.0 Å². The number of nitrogens with one attached hydrogen (secondary N) is 1. The van der Waals surface area contributed by atoms with E-state index in [1.54, 1.807) is 23.5 Å². The van der Waals surface area contributed by atoms with Gasteiger partial charge in [0.1, 0.15) is 0 Å². The molecule has 0 radical (unpaired) electrons. The van der Waals surface area contributed by atoms with E-state index in [1.165, 1.54) is 4.88 Å². The fourth-order valence-corrected chi connectivity index (χ4v) is 2.37. The van der Waals surface area contributed by atoms with Crippen molar-refractivity contribution in [3.05, 3.63) is 46.4 Å². The summed E-state index contributed by atoms with van der Waals surface area (Å²) < 4.78 is 5.15. The molecule has 5 heteroatoms. The number of esters is 1. The molecule has 0 aliphatic rings. The number of hydrogen-bond donors (Lipinski definition) is 1. The van der Waals surface area contributed by atoms with Gasteiger partial charge in [0.15, 0.2) is 0 Å². The van der Waals surface area contributed by atoms with Gasteiger partial charge in [-0.3, -0.25) is 4.98 Å². The SMILES string of the molecule is CC(C)OC(=O)c1ccc(NC(C)c2cncs2)cc1. The second-order valence-corrected chi connectivity index (χ2v) is 5.72. The lowest BCUT2D eigenvalue weighted by Crippen LogP contribution is -2.11. The largest absolute Gasteiger partial charge is 0.459 e. The zero-order valence-corrected chi connectivity index (χ0v) is 12.6. The van der Waals surface area contributed by atoms with Crippen LogP contribution in [0.25, 0.3) is 0 Å². The topological polar surface area (TPSA) is 51.2 Å². The summed E-state index contributed by atoms with van der Waals surface area (Å²) >= 11 is 1.62. The third kappa shape index (κ3) is 3.81. The van der Waals surface area contributed by atoms with Gasteiger partial charge in [-0.1, -0.05) is 0 Å². The van der Waals surface area contributed by atoms with Crippen molar-refractivity contribution in [3.63, 3.8) is 0 Å². The molecule has 106 valence electrons. The summed E-state index contributed by atoms with van der Waals surface area (Å²) in [7, 11) is 0. The van der Waals surface area contributed by atoms with Gasteiger partial charge in [-0.15, -0.1) is 11.3 Å². The van der Waals surface area contributed by atoms with E-state index in [0.29, 0.717) is 5.56 Å². The summed E-state index contributed by atoms with van der Waals surface area (Å²) in [6, 6.07) is 7.50. The Morgan fingerprint density at radius 2 is 1.95 bits per heavy atom. The highest BCUT2D eigenvalue weighted by atomic mass is 32.1. The minimum atomic E-state index is -0.290. The quantitative estimate of drug-likeness (QED) is 0.849. The molecule has 1 aromatic heterocycles. The number of carbonyl (C=O) groups is 1. The Kier molecular flexibility index (Phi) is 4.74. The molecule has 2 aromatic rings. The smallest absolute Gasteiger partial charge is 0.338 e. The van der Waals surface area contributed by atoms with Crippen LogP contribution in [0, 0.1) is 0 Å². The van der Waals surface area contributed by atoms with Crippen LogP contribution in [0.4, 0.5) is 5.69 Å². The van der Waals surface area contributed by atoms with E-state index in [2.05, 4.69) is 17.2 Å². The number of hydrogen-bond acceptors (Lipinski definition) is 5. The Labute approximate surface area is 122 Å². The third-order valence-electron chi connectivity index (χ3n) is 2.72. The third-order valence-corrected chi connectivity index (χ3v) is 3.68. The van der Waals surface area contributed by atoms with E-state index < -0.39 is 0 Å². The van der Waals surface area contributed by atoms with Crippen molar-refractivity contribution >= 4 is 23.0 Å². The Hall–Kier alpha value is -1.88. The summed E-state index contributed by atoms with van der Waals surface area (Å²) in [5.41, 5.74) is 3.35. The van der Waals surface area contributed by atoms with Crippen LogP contribution < -0.4 is 5.32 Å². The molecule has 0 aliphatic carbocycles. The maximum Gasteiger partial charge on any atom is 0.338 e. The van der Waals surface area contributed by atoms with E-state index in [1.807, 2.05) is 37.7 Å². The standard InChI is InChI=1S/C15H18N2O2S/c1-10(2)19-15(18)12-4-6-13(7-5-12)17-11(3)14-8-16-9-20-14/h4-11,17H,1-3H3. The monoisotopic (exact) mass is 290 g/mol. The van der Waals surface area contributed by atoms with Crippen molar-refractivity contribution in [2.24, 2.45) is 0 Å². The van der Waals surface area contributed by atoms with E-state index in [9.17, 15) is 4.79 Å². The van der Waals surface area contributed by atoms with Crippen LogP contribution in [0.15, 0.2) is 36.0 Å². The van der Waals surface area contributed by atoms with Gasteiger partial charge in [0.2, 0.25) is 0 Å². The Balaban J connectivity index is 1.99. The number of carbonyl (C=O) groups excluding carboxylic acids is 1. The second kappa shape index (κ2) is 6.52. The van der Waals surface area contributed by atoms with Crippen LogP contribution in [0.2, 0.25) is 0 Å². The van der Waals surface area contributed by atoms with Gasteiger partial charge >= 0.3 is 5.97 Å². The minimum Gasteiger partial charge on any atom is -0.459 e. The van der Waals surface area contributed by atoms with Crippen molar-refractivity contribution < 1.29 is 9.53 Å². The predicted molar refractivity (Wildman–Crippen MR) is 81.1 cm³/mol. The molecule has 2 rings (SSSR count). The van der Waals surface area contributed by atoms with E-state index in [0.717, 1.165) is 5.69 Å². The average Bonchev–Trinajstić information content (AvgIpc) is 2.92. The molecule has 1 unspecified atom stereocenters. The van der Waals surface area contributed by atoms with Gasteiger partial charge in [0, 0.05) is 16.8 Å². The van der Waals surface area contributed by atoms with E-state index in [4.69, 9.17) is 4.74 Å². The first-order valence-electron chi connectivity index (χ1n) is 6.52. The molecule has 4 nitrogen and oxygen atoms in total.